The van der Waals surface area contributed by atoms with Crippen molar-refractivity contribution in [3.63, 3.8) is 0 Å². The van der Waals surface area contributed by atoms with Gasteiger partial charge < -0.3 is 16.0 Å². The van der Waals surface area contributed by atoms with E-state index in [1.807, 2.05) is 12.1 Å². The van der Waals surface area contributed by atoms with Crippen LogP contribution in [0.2, 0.25) is 0 Å². The molecule has 0 unspecified atom stereocenters. The molecule has 0 aliphatic carbocycles. The third-order valence-electron chi connectivity index (χ3n) is 2.91. The smallest absolute Gasteiger partial charge is 0.338 e. The molecule has 1 aromatic heterocycles. The molecular weight excluding hydrogens is 414 g/mol. The summed E-state index contributed by atoms with van der Waals surface area (Å²) in [5, 5.41) is 18.4. The standard InChI is InChI=1S/C14H14BrN5O4S/c15-9-4-1-2-5-10(9)18-13(22)16-7-3-6-11(21)19-14-17-8-12(25-14)20(23)24/h1-2,4-5,8H,3,6-7H2,(H2,16,18,22)(H,17,19,21). The Balaban J connectivity index is 1.66. The summed E-state index contributed by atoms with van der Waals surface area (Å²) in [7, 11) is 0. The number of amides is 3. The van der Waals surface area contributed by atoms with Crippen LogP contribution in [-0.4, -0.2) is 28.4 Å². The van der Waals surface area contributed by atoms with Crippen molar-refractivity contribution in [1.82, 2.24) is 10.3 Å². The molecule has 0 aliphatic heterocycles. The highest BCUT2D eigenvalue weighted by atomic mass is 79.9. The second-order valence-corrected chi connectivity index (χ2v) is 6.64. The van der Waals surface area contributed by atoms with Gasteiger partial charge in [-0.15, -0.1) is 0 Å². The quantitative estimate of drug-likeness (QED) is 0.354. The number of carbonyl (C=O) groups excluding carboxylic acids is 2. The number of nitrogens with one attached hydrogen (secondary N) is 3. The van der Waals surface area contributed by atoms with Gasteiger partial charge in [-0.1, -0.05) is 12.1 Å². The SMILES string of the molecule is O=C(CCCNC(=O)Nc1ccccc1Br)Nc1ncc([N+](=O)[O-])s1. The molecule has 0 bridgehead atoms. The highest BCUT2D eigenvalue weighted by molar-refractivity contribution is 9.10. The highest BCUT2D eigenvalue weighted by Crippen LogP contribution is 2.25. The van der Waals surface area contributed by atoms with Gasteiger partial charge in [0.25, 0.3) is 0 Å². The molecule has 0 fully saturated rings. The van der Waals surface area contributed by atoms with Crippen molar-refractivity contribution in [2.45, 2.75) is 12.8 Å². The van der Waals surface area contributed by atoms with E-state index in [9.17, 15) is 19.7 Å². The number of urea groups is 1. The maximum Gasteiger partial charge on any atom is 0.345 e. The zero-order valence-electron chi connectivity index (χ0n) is 12.8. The highest BCUT2D eigenvalue weighted by Gasteiger charge is 2.13. The minimum absolute atomic E-state index is 0.138. The van der Waals surface area contributed by atoms with Gasteiger partial charge in [-0.05, 0) is 45.8 Å². The lowest BCUT2D eigenvalue weighted by Gasteiger charge is -2.08. The van der Waals surface area contributed by atoms with Crippen molar-refractivity contribution in [3.8, 4) is 0 Å². The van der Waals surface area contributed by atoms with Crippen molar-refractivity contribution >= 4 is 55.0 Å². The zero-order chi connectivity index (χ0) is 18.2. The topological polar surface area (TPSA) is 126 Å². The van der Waals surface area contributed by atoms with Crippen LogP contribution in [0, 0.1) is 10.1 Å². The van der Waals surface area contributed by atoms with Crippen molar-refractivity contribution in [2.24, 2.45) is 0 Å². The third kappa shape index (κ3) is 6.12. The Kier molecular flexibility index (Phi) is 6.83. The van der Waals surface area contributed by atoms with Crippen molar-refractivity contribution in [3.05, 3.63) is 45.0 Å². The van der Waals surface area contributed by atoms with E-state index in [1.54, 1.807) is 12.1 Å². The molecule has 0 spiro atoms. The molecule has 1 heterocycles. The van der Waals surface area contributed by atoms with Gasteiger partial charge in [-0.3, -0.25) is 14.9 Å². The number of nitrogens with zero attached hydrogens (tertiary/aromatic N) is 2. The molecule has 2 aromatic rings. The Morgan fingerprint density at radius 3 is 2.72 bits per heavy atom. The number of hydrogen-bond acceptors (Lipinski definition) is 6. The molecule has 0 saturated heterocycles. The average molecular weight is 428 g/mol. The van der Waals surface area contributed by atoms with Crippen LogP contribution in [0.1, 0.15) is 12.8 Å². The van der Waals surface area contributed by atoms with Gasteiger partial charge in [0, 0.05) is 17.4 Å². The van der Waals surface area contributed by atoms with Gasteiger partial charge >= 0.3 is 11.0 Å². The maximum atomic E-state index is 11.8. The molecule has 0 radical (unpaired) electrons. The first-order chi connectivity index (χ1) is 12.0. The summed E-state index contributed by atoms with van der Waals surface area (Å²) in [5.74, 6) is -0.322. The Labute approximate surface area is 155 Å². The van der Waals surface area contributed by atoms with E-state index in [1.165, 1.54) is 0 Å². The van der Waals surface area contributed by atoms with E-state index < -0.39 is 4.92 Å². The van der Waals surface area contributed by atoms with Crippen LogP contribution >= 0.6 is 27.3 Å². The number of rotatable bonds is 7. The monoisotopic (exact) mass is 427 g/mol. The van der Waals surface area contributed by atoms with Gasteiger partial charge in [0.2, 0.25) is 5.91 Å². The van der Waals surface area contributed by atoms with Crippen molar-refractivity contribution < 1.29 is 14.5 Å². The normalized spacial score (nSPS) is 10.1. The number of aromatic nitrogens is 1. The molecule has 0 atom stereocenters. The minimum Gasteiger partial charge on any atom is -0.338 e. The van der Waals surface area contributed by atoms with Gasteiger partial charge in [0.05, 0.1) is 10.6 Å². The van der Waals surface area contributed by atoms with E-state index in [-0.39, 0.29) is 28.5 Å². The third-order valence-corrected chi connectivity index (χ3v) is 4.46. The lowest BCUT2D eigenvalue weighted by Crippen LogP contribution is -2.30. The minimum atomic E-state index is -0.569. The Morgan fingerprint density at radius 1 is 1.28 bits per heavy atom. The molecular formula is C14H14BrN5O4S. The molecule has 9 nitrogen and oxygen atoms in total. The zero-order valence-corrected chi connectivity index (χ0v) is 15.2. The van der Waals surface area contributed by atoms with Crippen molar-refractivity contribution in [2.75, 3.05) is 17.2 Å². The Hall–Kier alpha value is -2.53. The fourth-order valence-electron chi connectivity index (χ4n) is 1.77. The molecule has 0 saturated carbocycles. The number of benzene rings is 1. The van der Waals surface area contributed by atoms with E-state index in [0.717, 1.165) is 22.0 Å². The number of para-hydroxylation sites is 1. The summed E-state index contributed by atoms with van der Waals surface area (Å²) in [6.07, 6.45) is 1.67. The number of anilines is 2. The van der Waals surface area contributed by atoms with Crippen LogP contribution < -0.4 is 16.0 Å². The largest absolute Gasteiger partial charge is 0.345 e. The molecule has 3 N–H and O–H groups in total. The summed E-state index contributed by atoms with van der Waals surface area (Å²) in [4.78, 5) is 37.2. The van der Waals surface area contributed by atoms with Crippen LogP contribution in [-0.2, 0) is 4.79 Å². The van der Waals surface area contributed by atoms with Crippen molar-refractivity contribution in [1.29, 1.82) is 0 Å². The van der Waals surface area contributed by atoms with Gasteiger partial charge in [0.1, 0.15) is 6.20 Å². The van der Waals surface area contributed by atoms with E-state index in [2.05, 4.69) is 36.9 Å². The Bertz CT molecular complexity index is 782. The van der Waals surface area contributed by atoms with Crippen LogP contribution in [0.25, 0.3) is 0 Å². The lowest BCUT2D eigenvalue weighted by molar-refractivity contribution is -0.380. The maximum absolute atomic E-state index is 11.8. The molecule has 3 amide bonds. The first kappa shape index (κ1) is 18.8. The van der Waals surface area contributed by atoms with Crippen LogP contribution in [0.5, 0.6) is 0 Å². The first-order valence-electron chi connectivity index (χ1n) is 7.15. The second-order valence-electron chi connectivity index (χ2n) is 4.77. The predicted molar refractivity (Wildman–Crippen MR) is 97.8 cm³/mol. The molecule has 11 heteroatoms. The number of nitro groups is 1. The molecule has 25 heavy (non-hydrogen) atoms. The summed E-state index contributed by atoms with van der Waals surface area (Å²) in [5.41, 5.74) is 0.642. The van der Waals surface area contributed by atoms with Crippen LogP contribution in [0.15, 0.2) is 34.9 Å². The Morgan fingerprint density at radius 2 is 2.04 bits per heavy atom. The summed E-state index contributed by atoms with van der Waals surface area (Å²) in [6, 6.07) is 6.83. The second kappa shape index (κ2) is 9.08. The van der Waals surface area contributed by atoms with E-state index >= 15 is 0 Å². The number of hydrogen-bond donors (Lipinski definition) is 3. The molecule has 0 aliphatic rings. The number of carbonyl (C=O) groups is 2. The van der Waals surface area contributed by atoms with Crippen LogP contribution in [0.3, 0.4) is 0 Å². The fraction of sp³-hybridized carbons (Fsp3) is 0.214. The number of thiazole rings is 1. The van der Waals surface area contributed by atoms with Gasteiger partial charge in [-0.2, -0.15) is 0 Å². The predicted octanol–water partition coefficient (Wildman–Crippen LogP) is 3.35. The summed E-state index contributed by atoms with van der Waals surface area (Å²) in [6.45, 7) is 0.307. The van der Waals surface area contributed by atoms with Crippen LogP contribution in [0.4, 0.5) is 20.6 Å². The average Bonchev–Trinajstić information content (AvgIpc) is 3.02. The van der Waals surface area contributed by atoms with E-state index in [0.29, 0.717) is 18.7 Å². The van der Waals surface area contributed by atoms with E-state index in [4.69, 9.17) is 0 Å². The lowest BCUT2D eigenvalue weighted by atomic mass is 10.3. The fourth-order valence-corrected chi connectivity index (χ4v) is 2.80. The summed E-state index contributed by atoms with van der Waals surface area (Å²) < 4.78 is 0.766. The molecule has 132 valence electrons. The van der Waals surface area contributed by atoms with Gasteiger partial charge in [-0.25, -0.2) is 9.78 Å². The first-order valence-corrected chi connectivity index (χ1v) is 8.76. The number of halogens is 1. The van der Waals surface area contributed by atoms with Gasteiger partial charge in [0.15, 0.2) is 5.13 Å². The molecule has 2 rings (SSSR count). The summed E-state index contributed by atoms with van der Waals surface area (Å²) >= 11 is 4.12. The molecule has 1 aromatic carbocycles.